The summed E-state index contributed by atoms with van der Waals surface area (Å²) in [5, 5.41) is 0. The predicted octanol–water partition coefficient (Wildman–Crippen LogP) is 0.430. The zero-order chi connectivity index (χ0) is 8.81. The average molecular weight is 164 g/mol. The molecule has 2 nitrogen and oxygen atoms in total. The number of quaternary nitrogens is 1. The molecule has 0 spiro atoms. The Morgan fingerprint density at radius 3 is 2.50 bits per heavy atom. The number of Topliss-reactive ketones (excluding diaryl/α,β-unsaturated/α-hetero) is 1. The Bertz CT molecular complexity index is 243. The zero-order valence-corrected chi connectivity index (χ0v) is 7.12. The van der Waals surface area contributed by atoms with Crippen molar-refractivity contribution in [1.29, 1.82) is 0 Å². The molecule has 0 radical (unpaired) electrons. The molecule has 0 amide bonds. The van der Waals surface area contributed by atoms with E-state index in [1.165, 1.54) is 5.56 Å². The number of hydrogen-bond donors (Lipinski definition) is 1. The fraction of sp³-hybridized carbons (Fsp3) is 0.300. The molecule has 0 aliphatic heterocycles. The third-order valence-corrected chi connectivity index (χ3v) is 1.81. The van der Waals surface area contributed by atoms with Crippen molar-refractivity contribution in [2.24, 2.45) is 0 Å². The van der Waals surface area contributed by atoms with Crippen LogP contribution in [0.3, 0.4) is 0 Å². The van der Waals surface area contributed by atoms with E-state index in [4.69, 9.17) is 0 Å². The number of carbonyl (C=O) groups excluding carboxylic acids is 1. The number of benzene rings is 1. The van der Waals surface area contributed by atoms with Crippen LogP contribution >= 0.6 is 0 Å². The minimum Gasteiger partial charge on any atom is -0.351 e. The summed E-state index contributed by atoms with van der Waals surface area (Å²) in [6.07, 6.45) is 1.46. The molecule has 0 aliphatic carbocycles. The Morgan fingerprint density at radius 2 is 1.92 bits per heavy atom. The van der Waals surface area contributed by atoms with E-state index in [1.54, 1.807) is 0 Å². The summed E-state index contributed by atoms with van der Waals surface area (Å²) in [5.41, 5.74) is 4.77. The molecule has 12 heavy (non-hydrogen) atoms. The second kappa shape index (κ2) is 4.67. The van der Waals surface area contributed by atoms with E-state index in [0.29, 0.717) is 13.0 Å². The van der Waals surface area contributed by atoms with Crippen LogP contribution in [0.4, 0.5) is 0 Å². The van der Waals surface area contributed by atoms with Crippen LogP contribution in [0.2, 0.25) is 0 Å². The van der Waals surface area contributed by atoms with Gasteiger partial charge >= 0.3 is 0 Å². The summed E-state index contributed by atoms with van der Waals surface area (Å²) in [7, 11) is 0. The second-order valence-electron chi connectivity index (χ2n) is 2.77. The van der Waals surface area contributed by atoms with Crippen molar-refractivity contribution >= 4 is 5.78 Å². The normalized spacial score (nSPS) is 9.75. The fourth-order valence-corrected chi connectivity index (χ4v) is 1.05. The van der Waals surface area contributed by atoms with Crippen LogP contribution in [0.1, 0.15) is 12.0 Å². The molecule has 0 atom stereocenters. The van der Waals surface area contributed by atoms with E-state index in [2.05, 4.69) is 5.73 Å². The quantitative estimate of drug-likeness (QED) is 0.689. The van der Waals surface area contributed by atoms with Gasteiger partial charge in [0.25, 0.3) is 0 Å². The lowest BCUT2D eigenvalue weighted by molar-refractivity contribution is -0.354. The van der Waals surface area contributed by atoms with E-state index < -0.39 is 0 Å². The molecule has 0 aliphatic rings. The molecule has 0 saturated carbocycles. The van der Waals surface area contributed by atoms with E-state index in [-0.39, 0.29) is 5.78 Å². The van der Waals surface area contributed by atoms with Crippen molar-refractivity contribution in [2.45, 2.75) is 12.8 Å². The van der Waals surface area contributed by atoms with E-state index in [0.717, 1.165) is 6.42 Å². The summed E-state index contributed by atoms with van der Waals surface area (Å²) in [6.45, 7) is 0.410. The van der Waals surface area contributed by atoms with Gasteiger partial charge in [0, 0.05) is 6.42 Å². The first kappa shape index (κ1) is 8.94. The highest BCUT2D eigenvalue weighted by Gasteiger charge is 2.00. The van der Waals surface area contributed by atoms with Gasteiger partial charge in [0.2, 0.25) is 0 Å². The standard InChI is InChI=1S/C10H13NO/c11-8-10(12)7-6-9-4-2-1-3-5-9/h1-5H,6-8,11H2/p+1. The Morgan fingerprint density at radius 1 is 1.25 bits per heavy atom. The number of ketones is 1. The molecule has 64 valence electrons. The molecule has 3 N–H and O–H groups in total. The smallest absolute Gasteiger partial charge is 0.186 e. The molecule has 0 bridgehead atoms. The molecule has 0 heterocycles. The summed E-state index contributed by atoms with van der Waals surface area (Å²) in [5.74, 6) is 0.235. The third-order valence-electron chi connectivity index (χ3n) is 1.81. The highest BCUT2D eigenvalue weighted by atomic mass is 16.1. The lowest BCUT2D eigenvalue weighted by Crippen LogP contribution is -2.54. The monoisotopic (exact) mass is 164 g/mol. The Labute approximate surface area is 72.4 Å². The first-order valence-electron chi connectivity index (χ1n) is 4.18. The van der Waals surface area contributed by atoms with Crippen LogP contribution < -0.4 is 5.73 Å². The van der Waals surface area contributed by atoms with Crippen LogP contribution in [0.25, 0.3) is 0 Å². The van der Waals surface area contributed by atoms with Gasteiger partial charge in [0.15, 0.2) is 5.78 Å². The molecule has 0 saturated heterocycles. The number of rotatable bonds is 4. The van der Waals surface area contributed by atoms with Crippen molar-refractivity contribution in [3.63, 3.8) is 0 Å². The molecule has 2 heteroatoms. The van der Waals surface area contributed by atoms with E-state index >= 15 is 0 Å². The first-order chi connectivity index (χ1) is 5.83. The van der Waals surface area contributed by atoms with Gasteiger partial charge < -0.3 is 5.73 Å². The number of aryl methyl sites for hydroxylation is 1. The van der Waals surface area contributed by atoms with Gasteiger partial charge in [-0.25, -0.2) is 0 Å². The van der Waals surface area contributed by atoms with E-state index in [1.807, 2.05) is 30.3 Å². The average Bonchev–Trinajstić information content (AvgIpc) is 2.16. The fourth-order valence-electron chi connectivity index (χ4n) is 1.05. The summed E-state index contributed by atoms with van der Waals surface area (Å²) < 4.78 is 0. The van der Waals surface area contributed by atoms with Crippen LogP contribution in [-0.4, -0.2) is 12.3 Å². The molecule has 0 unspecified atom stereocenters. The highest BCUT2D eigenvalue weighted by Crippen LogP contribution is 2.01. The lowest BCUT2D eigenvalue weighted by atomic mass is 10.1. The molecule has 1 aromatic rings. The van der Waals surface area contributed by atoms with Gasteiger partial charge in [-0.1, -0.05) is 30.3 Å². The molecular weight excluding hydrogens is 150 g/mol. The Kier molecular flexibility index (Phi) is 3.48. The van der Waals surface area contributed by atoms with Gasteiger partial charge in [-0.3, -0.25) is 4.79 Å². The van der Waals surface area contributed by atoms with Gasteiger partial charge in [-0.2, -0.15) is 0 Å². The topological polar surface area (TPSA) is 44.7 Å². The first-order valence-corrected chi connectivity index (χ1v) is 4.18. The maximum atomic E-state index is 10.9. The van der Waals surface area contributed by atoms with Gasteiger partial charge in [-0.15, -0.1) is 0 Å². The molecule has 0 fully saturated rings. The van der Waals surface area contributed by atoms with Crippen molar-refractivity contribution in [2.75, 3.05) is 6.54 Å². The van der Waals surface area contributed by atoms with Gasteiger partial charge in [0.1, 0.15) is 6.54 Å². The Balaban J connectivity index is 2.38. The van der Waals surface area contributed by atoms with Gasteiger partial charge in [0.05, 0.1) is 0 Å². The summed E-state index contributed by atoms with van der Waals surface area (Å²) in [6, 6.07) is 10.0. The van der Waals surface area contributed by atoms with E-state index in [9.17, 15) is 4.79 Å². The SMILES string of the molecule is [NH3+]CC(=O)CCc1ccccc1. The zero-order valence-electron chi connectivity index (χ0n) is 7.12. The molecule has 0 aromatic heterocycles. The van der Waals surface area contributed by atoms with Crippen LogP contribution in [0.5, 0.6) is 0 Å². The van der Waals surface area contributed by atoms with Crippen molar-refractivity contribution in [3.8, 4) is 0 Å². The second-order valence-corrected chi connectivity index (χ2v) is 2.77. The van der Waals surface area contributed by atoms with Gasteiger partial charge in [-0.05, 0) is 12.0 Å². The van der Waals surface area contributed by atoms with Crippen molar-refractivity contribution < 1.29 is 10.5 Å². The van der Waals surface area contributed by atoms with Crippen LogP contribution in [-0.2, 0) is 11.2 Å². The van der Waals surface area contributed by atoms with Crippen LogP contribution in [0, 0.1) is 0 Å². The highest BCUT2D eigenvalue weighted by molar-refractivity contribution is 5.79. The van der Waals surface area contributed by atoms with Crippen molar-refractivity contribution in [1.82, 2.24) is 0 Å². The summed E-state index contributed by atoms with van der Waals surface area (Å²) >= 11 is 0. The minimum absolute atomic E-state index is 0.235. The lowest BCUT2D eigenvalue weighted by Gasteiger charge is -1.97. The Hall–Kier alpha value is -1.15. The third kappa shape index (κ3) is 2.84. The van der Waals surface area contributed by atoms with Crippen LogP contribution in [0.15, 0.2) is 30.3 Å². The minimum atomic E-state index is 0.235. The number of carbonyl (C=O) groups is 1. The molecule has 1 rings (SSSR count). The maximum Gasteiger partial charge on any atom is 0.186 e. The molecular formula is C10H14NO+. The molecule has 1 aromatic carbocycles. The predicted molar refractivity (Wildman–Crippen MR) is 47.5 cm³/mol. The number of hydrogen-bond acceptors (Lipinski definition) is 1. The largest absolute Gasteiger partial charge is 0.351 e. The summed E-state index contributed by atoms with van der Waals surface area (Å²) in [4.78, 5) is 10.9. The van der Waals surface area contributed by atoms with Crippen molar-refractivity contribution in [3.05, 3.63) is 35.9 Å². The maximum absolute atomic E-state index is 10.9.